The van der Waals surface area contributed by atoms with Gasteiger partial charge in [0.05, 0.1) is 6.61 Å². The number of carbonyl (C=O) groups excluding carboxylic acids is 1. The lowest BCUT2D eigenvalue weighted by Gasteiger charge is -2.50. The van der Waals surface area contributed by atoms with Crippen LogP contribution in [0.5, 0.6) is 0 Å². The van der Waals surface area contributed by atoms with E-state index < -0.39 is 0 Å². The van der Waals surface area contributed by atoms with E-state index >= 15 is 0 Å². The Balaban J connectivity index is 2.10. The average Bonchev–Trinajstić information content (AvgIpc) is 2.37. The van der Waals surface area contributed by atoms with Crippen molar-refractivity contribution in [2.75, 3.05) is 19.8 Å². The summed E-state index contributed by atoms with van der Waals surface area (Å²) < 4.78 is 5.38. The topological polar surface area (TPSA) is 58.6 Å². The molecule has 1 aliphatic carbocycles. The summed E-state index contributed by atoms with van der Waals surface area (Å²) in [5.74, 6) is 0.279. The lowest BCUT2D eigenvalue weighted by Crippen LogP contribution is -2.57. The molecule has 0 bridgehead atoms. The van der Waals surface area contributed by atoms with Crippen molar-refractivity contribution in [3.63, 3.8) is 0 Å². The second-order valence-electron chi connectivity index (χ2n) is 5.51. The van der Waals surface area contributed by atoms with Crippen LogP contribution in [0.3, 0.4) is 0 Å². The molecule has 1 unspecified atom stereocenters. The minimum absolute atomic E-state index is 0.0608. The maximum atomic E-state index is 11.6. The molecule has 0 radical (unpaired) electrons. The molecule has 1 saturated carbocycles. The van der Waals surface area contributed by atoms with Crippen LogP contribution in [0, 0.1) is 11.3 Å². The standard InChI is InChI=1S/C14H23NO3/c1-2-12(17)15-13(11-4-8-18-9-5-11)14(10-16)6-3-7-14/h2,11,13,16H,1,3-10H2,(H,15,17). The van der Waals surface area contributed by atoms with Crippen molar-refractivity contribution < 1.29 is 14.6 Å². The average molecular weight is 253 g/mol. The molecule has 4 nitrogen and oxygen atoms in total. The van der Waals surface area contributed by atoms with Crippen molar-refractivity contribution >= 4 is 5.91 Å². The Labute approximate surface area is 108 Å². The van der Waals surface area contributed by atoms with Gasteiger partial charge in [-0.3, -0.25) is 4.79 Å². The summed E-state index contributed by atoms with van der Waals surface area (Å²) in [5, 5.41) is 12.8. The summed E-state index contributed by atoms with van der Waals surface area (Å²) in [6.45, 7) is 5.18. The molecule has 1 saturated heterocycles. The Bertz CT molecular complexity index is 301. The Morgan fingerprint density at radius 1 is 1.50 bits per heavy atom. The normalized spacial score (nSPS) is 24.9. The number of hydrogen-bond acceptors (Lipinski definition) is 3. The van der Waals surface area contributed by atoms with Crippen molar-refractivity contribution in [3.8, 4) is 0 Å². The van der Waals surface area contributed by atoms with Crippen LogP contribution in [0.15, 0.2) is 12.7 Å². The Morgan fingerprint density at radius 2 is 2.17 bits per heavy atom. The summed E-state index contributed by atoms with van der Waals surface area (Å²) in [7, 11) is 0. The molecule has 1 atom stereocenters. The monoisotopic (exact) mass is 253 g/mol. The number of nitrogens with one attached hydrogen (secondary N) is 1. The summed E-state index contributed by atoms with van der Waals surface area (Å²) in [5.41, 5.74) is -0.110. The van der Waals surface area contributed by atoms with Crippen molar-refractivity contribution in [3.05, 3.63) is 12.7 Å². The van der Waals surface area contributed by atoms with Gasteiger partial charge in [0.1, 0.15) is 0 Å². The fourth-order valence-corrected chi connectivity index (χ4v) is 3.23. The zero-order valence-electron chi connectivity index (χ0n) is 10.9. The molecule has 0 aromatic rings. The van der Waals surface area contributed by atoms with E-state index in [2.05, 4.69) is 11.9 Å². The second kappa shape index (κ2) is 5.85. The molecule has 18 heavy (non-hydrogen) atoms. The minimum atomic E-state index is -0.133. The molecular formula is C14H23NO3. The van der Waals surface area contributed by atoms with Crippen molar-refractivity contribution in [1.82, 2.24) is 5.32 Å². The number of aliphatic hydroxyl groups is 1. The molecule has 2 N–H and O–H groups in total. The van der Waals surface area contributed by atoms with E-state index in [-0.39, 0.29) is 24.0 Å². The summed E-state index contributed by atoms with van der Waals surface area (Å²) >= 11 is 0. The third-order valence-corrected chi connectivity index (χ3v) is 4.54. The molecule has 2 aliphatic rings. The van der Waals surface area contributed by atoms with Crippen molar-refractivity contribution in [1.29, 1.82) is 0 Å². The van der Waals surface area contributed by atoms with Gasteiger partial charge >= 0.3 is 0 Å². The maximum Gasteiger partial charge on any atom is 0.243 e. The molecule has 1 heterocycles. The van der Waals surface area contributed by atoms with E-state index in [9.17, 15) is 9.90 Å². The highest BCUT2D eigenvalue weighted by molar-refractivity contribution is 5.87. The Morgan fingerprint density at radius 3 is 2.61 bits per heavy atom. The third kappa shape index (κ3) is 2.59. The predicted octanol–water partition coefficient (Wildman–Crippen LogP) is 1.25. The second-order valence-corrected chi connectivity index (χ2v) is 5.51. The number of rotatable bonds is 5. The predicted molar refractivity (Wildman–Crippen MR) is 69.0 cm³/mol. The third-order valence-electron chi connectivity index (χ3n) is 4.54. The van der Waals surface area contributed by atoms with E-state index in [0.717, 1.165) is 45.3 Å². The summed E-state index contributed by atoms with van der Waals surface area (Å²) in [6.07, 6.45) is 6.39. The first-order valence-corrected chi connectivity index (χ1v) is 6.83. The molecule has 1 amide bonds. The lowest BCUT2D eigenvalue weighted by atomic mass is 9.60. The number of ether oxygens (including phenoxy) is 1. The van der Waals surface area contributed by atoms with Crippen LogP contribution in [0.25, 0.3) is 0 Å². The van der Waals surface area contributed by atoms with Gasteiger partial charge in [0.2, 0.25) is 5.91 Å². The summed E-state index contributed by atoms with van der Waals surface area (Å²) in [6, 6.07) is 0.0608. The number of amides is 1. The molecule has 1 aliphatic heterocycles. The van der Waals surface area contributed by atoms with Crippen molar-refractivity contribution in [2.24, 2.45) is 11.3 Å². The summed E-state index contributed by atoms with van der Waals surface area (Å²) in [4.78, 5) is 11.6. The molecule has 0 aromatic heterocycles. The van der Waals surface area contributed by atoms with E-state index in [1.807, 2.05) is 0 Å². The van der Waals surface area contributed by atoms with Crippen LogP contribution in [-0.2, 0) is 9.53 Å². The number of hydrogen-bond donors (Lipinski definition) is 2. The minimum Gasteiger partial charge on any atom is -0.396 e. The smallest absolute Gasteiger partial charge is 0.243 e. The first-order chi connectivity index (χ1) is 8.72. The van der Waals surface area contributed by atoms with Gasteiger partial charge in [0.15, 0.2) is 0 Å². The zero-order valence-corrected chi connectivity index (χ0v) is 10.9. The van der Waals surface area contributed by atoms with Gasteiger partial charge in [-0.15, -0.1) is 0 Å². The highest BCUT2D eigenvalue weighted by atomic mass is 16.5. The van der Waals surface area contributed by atoms with Crippen LogP contribution >= 0.6 is 0 Å². The molecule has 0 spiro atoms. The van der Waals surface area contributed by atoms with Gasteiger partial charge in [-0.25, -0.2) is 0 Å². The fraction of sp³-hybridized carbons (Fsp3) is 0.786. The highest BCUT2D eigenvalue weighted by Crippen LogP contribution is 2.47. The quantitative estimate of drug-likeness (QED) is 0.725. The number of carbonyl (C=O) groups is 1. The first-order valence-electron chi connectivity index (χ1n) is 6.83. The van der Waals surface area contributed by atoms with Gasteiger partial charge in [0.25, 0.3) is 0 Å². The zero-order chi connectivity index (χ0) is 13.0. The van der Waals surface area contributed by atoms with Gasteiger partial charge in [-0.05, 0) is 37.7 Å². The number of aliphatic hydroxyl groups excluding tert-OH is 1. The molecule has 0 aromatic carbocycles. The van der Waals surface area contributed by atoms with E-state index in [1.165, 1.54) is 6.08 Å². The maximum absolute atomic E-state index is 11.6. The van der Waals surface area contributed by atoms with Gasteiger partial charge in [-0.2, -0.15) is 0 Å². The van der Waals surface area contributed by atoms with E-state index in [1.54, 1.807) is 0 Å². The highest BCUT2D eigenvalue weighted by Gasteiger charge is 2.47. The SMILES string of the molecule is C=CC(=O)NC(C1CCOCC1)C1(CO)CCC1. The van der Waals surface area contributed by atoms with Crippen LogP contribution < -0.4 is 5.32 Å². The first kappa shape index (κ1) is 13.6. The van der Waals surface area contributed by atoms with Gasteiger partial charge in [-0.1, -0.05) is 13.0 Å². The Kier molecular flexibility index (Phi) is 4.40. The van der Waals surface area contributed by atoms with Crippen LogP contribution in [0.4, 0.5) is 0 Å². The molecule has 2 rings (SSSR count). The van der Waals surface area contributed by atoms with Crippen LogP contribution in [0.2, 0.25) is 0 Å². The van der Waals surface area contributed by atoms with Gasteiger partial charge in [0, 0.05) is 24.7 Å². The molecule has 4 heteroatoms. The lowest BCUT2D eigenvalue weighted by molar-refractivity contribution is -0.121. The van der Waals surface area contributed by atoms with Crippen LogP contribution in [0.1, 0.15) is 32.1 Å². The van der Waals surface area contributed by atoms with Gasteiger partial charge < -0.3 is 15.2 Å². The van der Waals surface area contributed by atoms with Crippen LogP contribution in [-0.4, -0.2) is 36.9 Å². The van der Waals surface area contributed by atoms with E-state index in [4.69, 9.17) is 4.74 Å². The Hall–Kier alpha value is -0.870. The van der Waals surface area contributed by atoms with E-state index in [0.29, 0.717) is 5.92 Å². The molecule has 2 fully saturated rings. The molecule has 102 valence electrons. The fourth-order valence-electron chi connectivity index (χ4n) is 3.23. The van der Waals surface area contributed by atoms with Crippen molar-refractivity contribution in [2.45, 2.75) is 38.1 Å². The molecular weight excluding hydrogens is 230 g/mol. The largest absolute Gasteiger partial charge is 0.396 e.